The van der Waals surface area contributed by atoms with Gasteiger partial charge in [0.1, 0.15) is 17.7 Å². The molecule has 2 N–H and O–H groups in total. The summed E-state index contributed by atoms with van der Waals surface area (Å²) in [7, 11) is 0. The Hall–Kier alpha value is -2.18. The molecule has 0 aliphatic heterocycles. The van der Waals surface area contributed by atoms with Gasteiger partial charge in [0.2, 0.25) is 11.8 Å². The number of halogens is 4. The van der Waals surface area contributed by atoms with Crippen molar-refractivity contribution in [2.45, 2.75) is 19.4 Å². The molecule has 1 atom stereocenters. The second kappa shape index (κ2) is 8.27. The zero-order valence-corrected chi connectivity index (χ0v) is 14.6. The lowest BCUT2D eigenvalue weighted by molar-refractivity contribution is -0.130. The zero-order valence-electron chi connectivity index (χ0n) is 13.1. The van der Waals surface area contributed by atoms with E-state index >= 15 is 0 Å². The van der Waals surface area contributed by atoms with Crippen LogP contribution in [0.2, 0.25) is 10.0 Å². The number of hydrogen-bond donors (Lipinski definition) is 2. The lowest BCUT2D eigenvalue weighted by Gasteiger charge is -2.15. The molecule has 2 aromatic rings. The van der Waals surface area contributed by atoms with Crippen LogP contribution in [0.15, 0.2) is 36.4 Å². The second-order valence-electron chi connectivity index (χ2n) is 5.39. The van der Waals surface area contributed by atoms with Crippen molar-refractivity contribution in [3.8, 4) is 0 Å². The number of carbonyl (C=O) groups is 2. The largest absolute Gasteiger partial charge is 0.374 e. The van der Waals surface area contributed by atoms with Crippen molar-refractivity contribution in [3.63, 3.8) is 0 Å². The van der Waals surface area contributed by atoms with Crippen molar-refractivity contribution in [1.82, 2.24) is 5.32 Å². The number of nitrogens with one attached hydrogen (secondary N) is 2. The number of benzene rings is 2. The van der Waals surface area contributed by atoms with E-state index in [2.05, 4.69) is 10.6 Å². The maximum atomic E-state index is 13.1. The van der Waals surface area contributed by atoms with E-state index in [1.807, 2.05) is 0 Å². The molecule has 0 bridgehead atoms. The third kappa shape index (κ3) is 5.99. The maximum Gasteiger partial charge on any atom is 0.248 e. The van der Waals surface area contributed by atoms with Crippen molar-refractivity contribution < 1.29 is 18.4 Å². The Bertz CT molecular complexity index is 775. The van der Waals surface area contributed by atoms with E-state index in [-0.39, 0.29) is 12.0 Å². The molecule has 0 unspecified atom stereocenters. The van der Waals surface area contributed by atoms with E-state index in [1.165, 1.54) is 0 Å². The molecule has 0 aliphatic carbocycles. The minimum absolute atomic E-state index is 0.130. The van der Waals surface area contributed by atoms with Gasteiger partial charge >= 0.3 is 0 Å². The molecule has 2 amide bonds. The molecule has 0 aliphatic rings. The van der Waals surface area contributed by atoms with Gasteiger partial charge in [0.25, 0.3) is 0 Å². The SMILES string of the molecule is C[C@H](Nc1cc(Cl)cc(Cl)c1)C(=O)NC(=O)Cc1cc(F)cc(F)c1. The van der Waals surface area contributed by atoms with E-state index in [0.29, 0.717) is 21.8 Å². The lowest BCUT2D eigenvalue weighted by Crippen LogP contribution is -2.41. The van der Waals surface area contributed by atoms with Crippen LogP contribution in [0.1, 0.15) is 12.5 Å². The average Bonchev–Trinajstić information content (AvgIpc) is 2.44. The normalized spacial score (nSPS) is 11.7. The predicted octanol–water partition coefficient (Wildman–Crippen LogP) is 3.96. The summed E-state index contributed by atoms with van der Waals surface area (Å²) in [6.07, 6.45) is -0.323. The van der Waals surface area contributed by atoms with Crippen LogP contribution in [0.3, 0.4) is 0 Å². The van der Waals surface area contributed by atoms with Crippen molar-refractivity contribution >= 4 is 40.7 Å². The molecule has 0 fully saturated rings. The smallest absolute Gasteiger partial charge is 0.248 e. The second-order valence-corrected chi connectivity index (χ2v) is 6.26. The van der Waals surface area contributed by atoms with Gasteiger partial charge in [0.05, 0.1) is 6.42 Å². The number of imide groups is 1. The number of rotatable bonds is 5. The molecule has 0 heterocycles. The highest BCUT2D eigenvalue weighted by Crippen LogP contribution is 2.22. The summed E-state index contributed by atoms with van der Waals surface area (Å²) >= 11 is 11.7. The summed E-state index contributed by atoms with van der Waals surface area (Å²) in [5.41, 5.74) is 0.643. The van der Waals surface area contributed by atoms with Crippen LogP contribution in [-0.2, 0) is 16.0 Å². The van der Waals surface area contributed by atoms with Crippen LogP contribution in [0, 0.1) is 11.6 Å². The Morgan fingerprint density at radius 3 is 2.12 bits per heavy atom. The average molecular weight is 387 g/mol. The molecule has 2 rings (SSSR count). The van der Waals surface area contributed by atoms with E-state index in [9.17, 15) is 18.4 Å². The summed E-state index contributed by atoms with van der Waals surface area (Å²) in [6, 6.07) is 6.70. The Morgan fingerprint density at radius 1 is 1.00 bits per heavy atom. The maximum absolute atomic E-state index is 13.1. The third-order valence-electron chi connectivity index (χ3n) is 3.19. The van der Waals surface area contributed by atoms with Crippen LogP contribution in [0.25, 0.3) is 0 Å². The van der Waals surface area contributed by atoms with Gasteiger partial charge in [0, 0.05) is 21.8 Å². The number of anilines is 1. The van der Waals surface area contributed by atoms with Crippen molar-refractivity contribution in [2.24, 2.45) is 0 Å². The number of amides is 2. The van der Waals surface area contributed by atoms with Crippen molar-refractivity contribution in [2.75, 3.05) is 5.32 Å². The molecule has 0 saturated heterocycles. The molecule has 25 heavy (non-hydrogen) atoms. The Kier molecular flexibility index (Phi) is 6.33. The van der Waals surface area contributed by atoms with Crippen LogP contribution in [0.5, 0.6) is 0 Å². The highest BCUT2D eigenvalue weighted by Gasteiger charge is 2.17. The highest BCUT2D eigenvalue weighted by atomic mass is 35.5. The van der Waals surface area contributed by atoms with Gasteiger partial charge < -0.3 is 5.32 Å². The highest BCUT2D eigenvalue weighted by molar-refractivity contribution is 6.35. The van der Waals surface area contributed by atoms with Gasteiger partial charge in [-0.3, -0.25) is 14.9 Å². The summed E-state index contributed by atoms with van der Waals surface area (Å²) in [5, 5.41) is 5.81. The number of hydrogen-bond acceptors (Lipinski definition) is 3. The first-order valence-corrected chi connectivity index (χ1v) is 8.00. The summed E-state index contributed by atoms with van der Waals surface area (Å²) in [6.45, 7) is 1.54. The molecular weight excluding hydrogens is 373 g/mol. The van der Waals surface area contributed by atoms with Gasteiger partial charge in [0.15, 0.2) is 0 Å². The summed E-state index contributed by atoms with van der Waals surface area (Å²) in [5.74, 6) is -2.85. The first-order chi connectivity index (χ1) is 11.7. The van der Waals surface area contributed by atoms with Crippen molar-refractivity contribution in [1.29, 1.82) is 0 Å². The molecule has 0 radical (unpaired) electrons. The fraction of sp³-hybridized carbons (Fsp3) is 0.176. The molecule has 132 valence electrons. The Morgan fingerprint density at radius 2 is 1.56 bits per heavy atom. The topological polar surface area (TPSA) is 58.2 Å². The molecule has 8 heteroatoms. The van der Waals surface area contributed by atoms with E-state index in [1.54, 1.807) is 25.1 Å². The molecular formula is C17H14Cl2F2N2O2. The van der Waals surface area contributed by atoms with Gasteiger partial charge in [-0.05, 0) is 42.8 Å². The molecule has 0 saturated carbocycles. The van der Waals surface area contributed by atoms with Crippen molar-refractivity contribution in [3.05, 3.63) is 63.6 Å². The van der Waals surface area contributed by atoms with Gasteiger partial charge in [-0.15, -0.1) is 0 Å². The quantitative estimate of drug-likeness (QED) is 0.817. The van der Waals surface area contributed by atoms with E-state index in [0.717, 1.165) is 12.1 Å². The molecule has 0 aromatic heterocycles. The lowest BCUT2D eigenvalue weighted by atomic mass is 10.1. The van der Waals surface area contributed by atoms with Crippen LogP contribution < -0.4 is 10.6 Å². The Balaban J connectivity index is 1.94. The fourth-order valence-corrected chi connectivity index (χ4v) is 2.67. The van der Waals surface area contributed by atoms with Gasteiger partial charge in [-0.2, -0.15) is 0 Å². The van der Waals surface area contributed by atoms with Crippen LogP contribution in [-0.4, -0.2) is 17.9 Å². The van der Waals surface area contributed by atoms with E-state index in [4.69, 9.17) is 23.2 Å². The Labute approximate surface area is 153 Å². The molecule has 2 aromatic carbocycles. The predicted molar refractivity (Wildman–Crippen MR) is 92.8 cm³/mol. The van der Waals surface area contributed by atoms with Gasteiger partial charge in [-0.1, -0.05) is 23.2 Å². The minimum Gasteiger partial charge on any atom is -0.374 e. The number of carbonyl (C=O) groups excluding carboxylic acids is 2. The standard InChI is InChI=1S/C17H14Cl2F2N2O2/c1-9(22-15-6-11(18)5-12(19)7-15)17(25)23-16(24)4-10-2-13(20)8-14(21)3-10/h2-3,5-9,22H,4H2,1H3,(H,23,24,25)/t9-/m0/s1. The summed E-state index contributed by atoms with van der Waals surface area (Å²) in [4.78, 5) is 23.9. The molecule has 4 nitrogen and oxygen atoms in total. The van der Waals surface area contributed by atoms with Crippen LogP contribution >= 0.6 is 23.2 Å². The van der Waals surface area contributed by atoms with Gasteiger partial charge in [-0.25, -0.2) is 8.78 Å². The molecule has 0 spiro atoms. The minimum atomic E-state index is -0.790. The monoisotopic (exact) mass is 386 g/mol. The van der Waals surface area contributed by atoms with Crippen LogP contribution in [0.4, 0.5) is 14.5 Å². The summed E-state index contributed by atoms with van der Waals surface area (Å²) < 4.78 is 26.2. The first-order valence-electron chi connectivity index (χ1n) is 7.24. The van der Waals surface area contributed by atoms with E-state index < -0.39 is 29.5 Å². The zero-order chi connectivity index (χ0) is 18.6. The fourth-order valence-electron chi connectivity index (χ4n) is 2.14. The third-order valence-corrected chi connectivity index (χ3v) is 3.63. The first kappa shape index (κ1) is 19.1.